The van der Waals surface area contributed by atoms with Crippen molar-refractivity contribution in [3.8, 4) is 44.5 Å². The Hall–Kier alpha value is -7.74. The first-order valence-corrected chi connectivity index (χ1v) is 22.1. The third-order valence-electron chi connectivity index (χ3n) is 14.0. The van der Waals surface area contributed by atoms with Gasteiger partial charge in [0.15, 0.2) is 0 Å². The molecule has 0 saturated carbocycles. The van der Waals surface area contributed by atoms with E-state index in [1.54, 1.807) is 0 Å². The predicted octanol–water partition coefficient (Wildman–Crippen LogP) is 16.3. The van der Waals surface area contributed by atoms with Gasteiger partial charge in [0.05, 0.1) is 16.8 Å². The molecule has 1 nitrogen and oxygen atoms in total. The van der Waals surface area contributed by atoms with E-state index in [9.17, 15) is 0 Å². The van der Waals surface area contributed by atoms with Gasteiger partial charge in [-0.1, -0.05) is 220 Å². The molecule has 0 aromatic heterocycles. The van der Waals surface area contributed by atoms with Crippen molar-refractivity contribution in [2.75, 3.05) is 4.90 Å². The fourth-order valence-electron chi connectivity index (χ4n) is 11.1. The zero-order valence-corrected chi connectivity index (χ0v) is 35.5. The summed E-state index contributed by atoms with van der Waals surface area (Å²) in [7, 11) is 0. The molecule has 0 aliphatic heterocycles. The Bertz CT molecular complexity index is 3310. The quantitative estimate of drug-likeness (QED) is 0.162. The lowest BCUT2D eigenvalue weighted by Gasteiger charge is -2.46. The third kappa shape index (κ3) is 5.56. The fourth-order valence-corrected chi connectivity index (χ4v) is 11.1. The molecule has 10 aromatic rings. The first kappa shape index (κ1) is 37.1. The van der Waals surface area contributed by atoms with Crippen LogP contribution < -0.4 is 4.90 Å². The van der Waals surface area contributed by atoms with E-state index < -0.39 is 5.41 Å². The van der Waals surface area contributed by atoms with Gasteiger partial charge in [-0.05, 0) is 108 Å². The van der Waals surface area contributed by atoms with Crippen molar-refractivity contribution in [3.05, 3.63) is 270 Å². The zero-order chi connectivity index (χ0) is 42.1. The molecule has 0 N–H and O–H groups in total. The fraction of sp³-hybridized carbons (Fsp3) is 0.0645. The molecule has 0 fully saturated rings. The highest BCUT2D eigenvalue weighted by atomic mass is 15.1. The Morgan fingerprint density at radius 2 is 0.778 bits per heavy atom. The highest BCUT2D eigenvalue weighted by Gasteiger charge is 2.53. The van der Waals surface area contributed by atoms with E-state index in [4.69, 9.17) is 0 Å². The van der Waals surface area contributed by atoms with Crippen LogP contribution in [-0.2, 0) is 10.8 Å². The molecule has 2 aliphatic carbocycles. The smallest absolute Gasteiger partial charge is 0.0719 e. The van der Waals surface area contributed by atoms with Crippen LogP contribution in [0.1, 0.15) is 47.2 Å². The molecular weight excluding hydrogens is 759 g/mol. The maximum Gasteiger partial charge on any atom is 0.0719 e. The first-order valence-electron chi connectivity index (χ1n) is 22.1. The highest BCUT2D eigenvalue weighted by Crippen LogP contribution is 2.62. The molecule has 10 aromatic carbocycles. The maximum atomic E-state index is 2.47. The van der Waals surface area contributed by atoms with Crippen LogP contribution in [0, 0.1) is 0 Å². The Labute approximate surface area is 370 Å². The van der Waals surface area contributed by atoms with Gasteiger partial charge in [-0.15, -0.1) is 0 Å². The normalized spacial score (nSPS) is 13.8. The van der Waals surface area contributed by atoms with Crippen LogP contribution in [0.2, 0.25) is 0 Å². The summed E-state index contributed by atoms with van der Waals surface area (Å²) in [5.41, 5.74) is 20.9. The molecule has 298 valence electrons. The molecule has 2 aliphatic rings. The molecule has 0 radical (unpaired) electrons. The van der Waals surface area contributed by atoms with E-state index in [1.807, 2.05) is 0 Å². The van der Waals surface area contributed by atoms with Gasteiger partial charge in [0.25, 0.3) is 0 Å². The Morgan fingerprint density at radius 1 is 0.286 bits per heavy atom. The van der Waals surface area contributed by atoms with Gasteiger partial charge in [-0.25, -0.2) is 0 Å². The number of hydrogen-bond acceptors (Lipinski definition) is 1. The van der Waals surface area contributed by atoms with E-state index in [-0.39, 0.29) is 5.41 Å². The summed E-state index contributed by atoms with van der Waals surface area (Å²) < 4.78 is 0. The predicted molar refractivity (Wildman–Crippen MR) is 264 cm³/mol. The van der Waals surface area contributed by atoms with Crippen molar-refractivity contribution in [1.29, 1.82) is 0 Å². The number of nitrogens with zero attached hydrogens (tertiary/aromatic N) is 1. The lowest BCUT2D eigenvalue weighted by Crippen LogP contribution is -2.40. The number of fused-ring (bicyclic) bond motifs is 10. The van der Waals surface area contributed by atoms with Gasteiger partial charge < -0.3 is 4.90 Å². The Balaban J connectivity index is 1.05. The molecule has 0 saturated heterocycles. The van der Waals surface area contributed by atoms with Crippen molar-refractivity contribution in [1.82, 2.24) is 0 Å². The van der Waals surface area contributed by atoms with Crippen LogP contribution in [0.4, 0.5) is 17.1 Å². The summed E-state index contributed by atoms with van der Waals surface area (Å²) in [6.07, 6.45) is 0. The van der Waals surface area contributed by atoms with Gasteiger partial charge in [-0.2, -0.15) is 0 Å². The largest absolute Gasteiger partial charge is 0.309 e. The van der Waals surface area contributed by atoms with Crippen LogP contribution >= 0.6 is 0 Å². The lowest BCUT2D eigenvalue weighted by molar-refractivity contribution is 0.563. The van der Waals surface area contributed by atoms with Crippen LogP contribution in [0.25, 0.3) is 55.3 Å². The van der Waals surface area contributed by atoms with Crippen molar-refractivity contribution in [3.63, 3.8) is 0 Å². The summed E-state index contributed by atoms with van der Waals surface area (Å²) in [5, 5.41) is 2.41. The number of hydrogen-bond donors (Lipinski definition) is 0. The minimum absolute atomic E-state index is 0.129. The number of anilines is 3. The average Bonchev–Trinajstić information content (AvgIpc) is 3.64. The van der Waals surface area contributed by atoms with Gasteiger partial charge in [0.2, 0.25) is 0 Å². The summed E-state index contributed by atoms with van der Waals surface area (Å²) in [4.78, 5) is 2.45. The maximum absolute atomic E-state index is 2.47. The average molecular weight is 804 g/mol. The summed E-state index contributed by atoms with van der Waals surface area (Å²) in [5.74, 6) is 0. The standard InChI is InChI=1S/C62H45N/c1-61(2)55-28-14-16-30-57(55)62(58-31-17-15-29-56(58)61)53-27-13-11-25-50(53)52-41-45(35-39-54(52)62)47-38-40-60(51-26-10-9-24-49(47)51)63(46-36-33-43(34-37-46)42-19-5-3-6-20-42)59-32-18-12-23-48(59)44-21-7-4-8-22-44/h3-41H,1-2H3. The topological polar surface area (TPSA) is 3.24 Å². The molecular formula is C62H45N. The minimum Gasteiger partial charge on any atom is -0.309 e. The molecule has 0 atom stereocenters. The van der Waals surface area contributed by atoms with E-state index in [0.29, 0.717) is 0 Å². The Kier molecular flexibility index (Phi) is 8.49. The molecule has 0 unspecified atom stereocenters. The van der Waals surface area contributed by atoms with Crippen LogP contribution in [0.15, 0.2) is 237 Å². The second-order valence-corrected chi connectivity index (χ2v) is 17.6. The second-order valence-electron chi connectivity index (χ2n) is 17.6. The van der Waals surface area contributed by atoms with Gasteiger partial charge in [-0.3, -0.25) is 0 Å². The number of rotatable bonds is 6. The van der Waals surface area contributed by atoms with Gasteiger partial charge in [0, 0.05) is 22.1 Å². The van der Waals surface area contributed by atoms with Crippen molar-refractivity contribution >= 4 is 27.8 Å². The molecule has 1 heteroatoms. The van der Waals surface area contributed by atoms with Crippen LogP contribution in [0.3, 0.4) is 0 Å². The molecule has 0 heterocycles. The first-order chi connectivity index (χ1) is 31.0. The third-order valence-corrected chi connectivity index (χ3v) is 14.0. The molecule has 12 rings (SSSR count). The highest BCUT2D eigenvalue weighted by molar-refractivity contribution is 6.08. The van der Waals surface area contributed by atoms with E-state index in [1.165, 1.54) is 88.7 Å². The van der Waals surface area contributed by atoms with Gasteiger partial charge in [0.1, 0.15) is 0 Å². The van der Waals surface area contributed by atoms with Crippen LogP contribution in [0.5, 0.6) is 0 Å². The zero-order valence-electron chi connectivity index (χ0n) is 35.5. The molecule has 1 spiro atoms. The van der Waals surface area contributed by atoms with E-state index in [0.717, 1.165) is 17.1 Å². The number of benzene rings is 10. The summed E-state index contributed by atoms with van der Waals surface area (Å²) >= 11 is 0. The van der Waals surface area contributed by atoms with E-state index in [2.05, 4.69) is 255 Å². The minimum atomic E-state index is -0.415. The second kappa shape index (κ2) is 14.4. The number of para-hydroxylation sites is 1. The monoisotopic (exact) mass is 803 g/mol. The van der Waals surface area contributed by atoms with Crippen molar-refractivity contribution in [2.24, 2.45) is 0 Å². The Morgan fingerprint density at radius 3 is 1.46 bits per heavy atom. The van der Waals surface area contributed by atoms with Crippen molar-refractivity contribution in [2.45, 2.75) is 24.7 Å². The molecule has 0 bridgehead atoms. The molecule has 63 heavy (non-hydrogen) atoms. The SMILES string of the molecule is CC1(C)c2ccccc2C2(c3ccccc3-c3cc(-c4ccc(N(c5ccc(-c6ccccc6)cc5)c5ccccc5-c5ccccc5)c5ccccc45)ccc32)c2ccccc21. The van der Waals surface area contributed by atoms with Crippen LogP contribution in [-0.4, -0.2) is 0 Å². The van der Waals surface area contributed by atoms with Gasteiger partial charge >= 0.3 is 0 Å². The molecule has 0 amide bonds. The summed E-state index contributed by atoms with van der Waals surface area (Å²) in [6, 6.07) is 87.6. The summed E-state index contributed by atoms with van der Waals surface area (Å²) in [6.45, 7) is 4.77. The van der Waals surface area contributed by atoms with E-state index >= 15 is 0 Å². The lowest BCUT2D eigenvalue weighted by atomic mass is 9.55. The van der Waals surface area contributed by atoms with Crippen molar-refractivity contribution < 1.29 is 0 Å².